The van der Waals surface area contributed by atoms with Crippen LogP contribution < -0.4 is 15.1 Å². The molecule has 0 bridgehead atoms. The van der Waals surface area contributed by atoms with Gasteiger partial charge in [0.05, 0.1) is 0 Å². The van der Waals surface area contributed by atoms with Crippen molar-refractivity contribution in [2.24, 2.45) is 0 Å². The van der Waals surface area contributed by atoms with Gasteiger partial charge in [0.1, 0.15) is 5.82 Å². The molecular weight excluding hydrogens is 385 g/mol. The van der Waals surface area contributed by atoms with Crippen LogP contribution in [0.2, 0.25) is 0 Å². The molecule has 0 aliphatic carbocycles. The molecule has 0 spiro atoms. The molecular formula is C22H34FN5S. The van der Waals surface area contributed by atoms with Gasteiger partial charge in [0.2, 0.25) is 11.1 Å². The van der Waals surface area contributed by atoms with E-state index in [1.807, 2.05) is 12.1 Å². The first kappa shape index (κ1) is 21.8. The Bertz CT molecular complexity index is 697. The third-order valence-corrected chi connectivity index (χ3v) is 6.25. The second-order valence-electron chi connectivity index (χ2n) is 7.75. The Morgan fingerprint density at radius 3 is 2.21 bits per heavy atom. The van der Waals surface area contributed by atoms with Gasteiger partial charge in [0.25, 0.3) is 0 Å². The summed E-state index contributed by atoms with van der Waals surface area (Å²) in [6.07, 6.45) is 10.6. The van der Waals surface area contributed by atoms with Crippen molar-refractivity contribution in [3.63, 3.8) is 0 Å². The number of aromatic nitrogens is 2. The zero-order chi connectivity index (χ0) is 20.3. The first-order chi connectivity index (χ1) is 14.3. The van der Waals surface area contributed by atoms with Crippen molar-refractivity contribution in [3.05, 3.63) is 30.1 Å². The van der Waals surface area contributed by atoms with Crippen molar-refractivity contribution in [1.82, 2.24) is 9.36 Å². The highest BCUT2D eigenvalue weighted by Crippen LogP contribution is 2.23. The lowest BCUT2D eigenvalue weighted by Gasteiger charge is -2.35. The number of nitrogens with one attached hydrogen (secondary N) is 1. The smallest absolute Gasteiger partial charge is 0.236 e. The molecule has 1 aromatic heterocycles. The number of nitrogens with zero attached hydrogens (tertiary/aromatic N) is 4. The van der Waals surface area contributed by atoms with E-state index in [9.17, 15) is 4.39 Å². The molecule has 3 rings (SSSR count). The summed E-state index contributed by atoms with van der Waals surface area (Å²) in [7, 11) is 0. The van der Waals surface area contributed by atoms with Crippen molar-refractivity contribution in [1.29, 1.82) is 0 Å². The van der Waals surface area contributed by atoms with Crippen LogP contribution in [0, 0.1) is 5.82 Å². The van der Waals surface area contributed by atoms with E-state index in [0.717, 1.165) is 49.5 Å². The highest BCUT2D eigenvalue weighted by atomic mass is 32.1. The lowest BCUT2D eigenvalue weighted by Crippen LogP contribution is -2.46. The van der Waals surface area contributed by atoms with Gasteiger partial charge in [-0.2, -0.15) is 9.36 Å². The van der Waals surface area contributed by atoms with E-state index in [0.29, 0.717) is 0 Å². The number of halogens is 1. The maximum Gasteiger partial charge on any atom is 0.236 e. The summed E-state index contributed by atoms with van der Waals surface area (Å²) in [6.45, 7) is 6.84. The molecule has 0 radical (unpaired) electrons. The van der Waals surface area contributed by atoms with E-state index in [4.69, 9.17) is 0 Å². The quantitative estimate of drug-likeness (QED) is 0.457. The zero-order valence-electron chi connectivity index (χ0n) is 17.6. The monoisotopic (exact) mass is 419 g/mol. The Morgan fingerprint density at radius 2 is 1.52 bits per heavy atom. The number of hydrogen-bond donors (Lipinski definition) is 1. The second kappa shape index (κ2) is 12.0. The summed E-state index contributed by atoms with van der Waals surface area (Å²) in [6, 6.07) is 6.75. The summed E-state index contributed by atoms with van der Waals surface area (Å²) in [4.78, 5) is 9.25. The molecule has 1 fully saturated rings. The minimum atomic E-state index is -0.187. The van der Waals surface area contributed by atoms with E-state index >= 15 is 0 Å². The molecule has 160 valence electrons. The Hall–Kier alpha value is -1.89. The summed E-state index contributed by atoms with van der Waals surface area (Å²) in [5, 5.41) is 4.36. The maximum absolute atomic E-state index is 13.1. The van der Waals surface area contributed by atoms with Gasteiger partial charge in [-0.1, -0.05) is 51.9 Å². The van der Waals surface area contributed by atoms with E-state index in [2.05, 4.69) is 31.4 Å². The number of benzene rings is 1. The number of rotatable bonds is 12. The first-order valence-corrected chi connectivity index (χ1v) is 11.9. The van der Waals surface area contributed by atoms with E-state index in [1.165, 1.54) is 75.0 Å². The van der Waals surface area contributed by atoms with Gasteiger partial charge in [0.15, 0.2) is 0 Å². The van der Waals surface area contributed by atoms with Gasteiger partial charge in [-0.3, -0.25) is 0 Å². The minimum Gasteiger partial charge on any atom is -0.368 e. The van der Waals surface area contributed by atoms with E-state index < -0.39 is 0 Å². The fourth-order valence-electron chi connectivity index (χ4n) is 3.68. The maximum atomic E-state index is 13.1. The van der Waals surface area contributed by atoms with Crippen LogP contribution in [-0.4, -0.2) is 42.1 Å². The lowest BCUT2D eigenvalue weighted by atomic mass is 10.1. The van der Waals surface area contributed by atoms with Crippen molar-refractivity contribution in [2.75, 3.05) is 47.8 Å². The van der Waals surface area contributed by atoms with Crippen LogP contribution in [0.25, 0.3) is 0 Å². The molecule has 0 atom stereocenters. The van der Waals surface area contributed by atoms with Crippen LogP contribution in [0.1, 0.15) is 58.3 Å². The largest absolute Gasteiger partial charge is 0.368 e. The molecule has 1 aliphatic rings. The Morgan fingerprint density at radius 1 is 0.897 bits per heavy atom. The fraction of sp³-hybridized carbons (Fsp3) is 0.636. The highest BCUT2D eigenvalue weighted by Gasteiger charge is 2.20. The molecule has 1 saturated heterocycles. The molecule has 1 aliphatic heterocycles. The predicted molar refractivity (Wildman–Crippen MR) is 122 cm³/mol. The van der Waals surface area contributed by atoms with Crippen LogP contribution in [0.5, 0.6) is 0 Å². The summed E-state index contributed by atoms with van der Waals surface area (Å²) >= 11 is 1.47. The third-order valence-electron chi connectivity index (χ3n) is 5.47. The summed E-state index contributed by atoms with van der Waals surface area (Å²) < 4.78 is 17.6. The standard InChI is InChI=1S/C22H34FN5S/c1-2-3-4-5-6-7-8-9-14-24-21-25-22(29-26-21)28-17-15-27(16-18-28)20-12-10-19(23)11-13-20/h10-13H,2-9,14-18H2,1H3,(H,24,26). The van der Waals surface area contributed by atoms with Gasteiger partial charge in [0, 0.05) is 49.9 Å². The number of hydrogen-bond acceptors (Lipinski definition) is 6. The van der Waals surface area contributed by atoms with Crippen molar-refractivity contribution >= 4 is 28.3 Å². The predicted octanol–water partition coefficient (Wildman–Crippen LogP) is 5.56. The third kappa shape index (κ3) is 7.14. The van der Waals surface area contributed by atoms with Crippen LogP contribution in [0.4, 0.5) is 21.2 Å². The first-order valence-electron chi connectivity index (χ1n) is 11.1. The number of anilines is 3. The molecule has 0 saturated carbocycles. The van der Waals surface area contributed by atoms with Gasteiger partial charge < -0.3 is 15.1 Å². The molecule has 1 N–H and O–H groups in total. The van der Waals surface area contributed by atoms with Gasteiger partial charge in [-0.25, -0.2) is 4.39 Å². The molecule has 0 unspecified atom stereocenters. The lowest BCUT2D eigenvalue weighted by molar-refractivity contribution is 0.581. The zero-order valence-corrected chi connectivity index (χ0v) is 18.4. The summed E-state index contributed by atoms with van der Waals surface area (Å²) in [5.74, 6) is 0.571. The van der Waals surface area contributed by atoms with Crippen LogP contribution in [0.3, 0.4) is 0 Å². The average molecular weight is 420 g/mol. The van der Waals surface area contributed by atoms with Crippen molar-refractivity contribution in [2.45, 2.75) is 58.3 Å². The van der Waals surface area contributed by atoms with Gasteiger partial charge in [-0.15, -0.1) is 0 Å². The number of unbranched alkanes of at least 4 members (excludes halogenated alkanes) is 7. The fourth-order valence-corrected chi connectivity index (χ4v) is 4.38. The Kier molecular flexibility index (Phi) is 8.99. The second-order valence-corrected chi connectivity index (χ2v) is 8.48. The van der Waals surface area contributed by atoms with Crippen LogP contribution >= 0.6 is 11.5 Å². The molecule has 2 aromatic rings. The molecule has 29 heavy (non-hydrogen) atoms. The number of piperazine rings is 1. The van der Waals surface area contributed by atoms with Gasteiger partial charge >= 0.3 is 0 Å². The molecule has 1 aromatic carbocycles. The summed E-state index contributed by atoms with van der Waals surface area (Å²) in [5.41, 5.74) is 1.08. The normalized spacial score (nSPS) is 14.4. The van der Waals surface area contributed by atoms with Gasteiger partial charge in [-0.05, 0) is 30.7 Å². The Balaban J connectivity index is 1.32. The SMILES string of the molecule is CCCCCCCCCCNc1nsc(N2CCN(c3ccc(F)cc3)CC2)n1. The molecule has 2 heterocycles. The van der Waals surface area contributed by atoms with Crippen molar-refractivity contribution < 1.29 is 4.39 Å². The van der Waals surface area contributed by atoms with Crippen LogP contribution in [-0.2, 0) is 0 Å². The highest BCUT2D eigenvalue weighted by molar-refractivity contribution is 7.09. The van der Waals surface area contributed by atoms with Crippen molar-refractivity contribution in [3.8, 4) is 0 Å². The van der Waals surface area contributed by atoms with E-state index in [1.54, 1.807) is 0 Å². The Labute approximate surface area is 178 Å². The minimum absolute atomic E-state index is 0.187. The topological polar surface area (TPSA) is 44.3 Å². The molecule has 5 nitrogen and oxygen atoms in total. The molecule has 7 heteroatoms. The van der Waals surface area contributed by atoms with E-state index in [-0.39, 0.29) is 5.82 Å². The average Bonchev–Trinajstić information content (AvgIpc) is 3.22. The molecule has 0 amide bonds. The van der Waals surface area contributed by atoms with Crippen LogP contribution in [0.15, 0.2) is 24.3 Å².